The smallest absolute Gasteiger partial charge is 0.408 e. The number of ketones is 1. The molecule has 0 aliphatic rings. The summed E-state index contributed by atoms with van der Waals surface area (Å²) in [5.74, 6) is 1.10. The molecule has 0 saturated heterocycles. The van der Waals surface area contributed by atoms with Crippen LogP contribution in [-0.4, -0.2) is 62.4 Å². The molecule has 1 amide bonds. The first-order valence-corrected chi connectivity index (χ1v) is 17.9. The highest BCUT2D eigenvalue weighted by Crippen LogP contribution is 2.24. The summed E-state index contributed by atoms with van der Waals surface area (Å²) in [6.45, 7) is 9.99. The predicted octanol–water partition coefficient (Wildman–Crippen LogP) is 4.71. The van der Waals surface area contributed by atoms with E-state index in [9.17, 15) is 9.59 Å². The fourth-order valence-electron chi connectivity index (χ4n) is 4.31. The summed E-state index contributed by atoms with van der Waals surface area (Å²) < 4.78 is 14.7. The average Bonchev–Trinajstić information content (AvgIpc) is 3.62. The molecule has 1 atom stereocenters. The first kappa shape index (κ1) is 30.8. The topological polar surface area (TPSA) is 126 Å². The van der Waals surface area contributed by atoms with Crippen LogP contribution in [0.25, 0.3) is 11.4 Å². The van der Waals surface area contributed by atoms with Crippen LogP contribution >= 0.6 is 0 Å². The van der Waals surface area contributed by atoms with Gasteiger partial charge in [0.1, 0.15) is 25.7 Å². The van der Waals surface area contributed by atoms with Crippen molar-refractivity contribution in [2.24, 2.45) is 0 Å². The highest BCUT2D eigenvalue weighted by molar-refractivity contribution is 6.76. The normalized spacial score (nSPS) is 12.2. The van der Waals surface area contributed by atoms with Gasteiger partial charge < -0.3 is 19.4 Å². The molecular formula is C30H39N7O4Si. The lowest BCUT2D eigenvalue weighted by atomic mass is 10.0. The van der Waals surface area contributed by atoms with E-state index in [-0.39, 0.29) is 18.9 Å². The van der Waals surface area contributed by atoms with E-state index in [1.807, 2.05) is 72.3 Å². The Morgan fingerprint density at radius 2 is 1.81 bits per heavy atom. The summed E-state index contributed by atoms with van der Waals surface area (Å²) in [6, 6.07) is 17.7. The molecule has 2 heterocycles. The van der Waals surface area contributed by atoms with Crippen LogP contribution in [-0.2, 0) is 40.6 Å². The average molecular weight is 590 g/mol. The van der Waals surface area contributed by atoms with Gasteiger partial charge in [-0.25, -0.2) is 14.5 Å². The third-order valence-electron chi connectivity index (χ3n) is 6.76. The van der Waals surface area contributed by atoms with Gasteiger partial charge >= 0.3 is 6.09 Å². The number of hydrogen-bond donors (Lipinski definition) is 1. The van der Waals surface area contributed by atoms with Gasteiger partial charge in [-0.1, -0.05) is 81.2 Å². The number of nitrogens with one attached hydrogen (secondary N) is 1. The van der Waals surface area contributed by atoms with Gasteiger partial charge in [0.2, 0.25) is 0 Å². The summed E-state index contributed by atoms with van der Waals surface area (Å²) in [4.78, 5) is 30.1. The third kappa shape index (κ3) is 8.92. The monoisotopic (exact) mass is 589 g/mol. The van der Waals surface area contributed by atoms with Crippen LogP contribution < -0.4 is 5.32 Å². The molecule has 12 heteroatoms. The Morgan fingerprint density at radius 3 is 2.57 bits per heavy atom. The van der Waals surface area contributed by atoms with Crippen molar-refractivity contribution in [3.8, 4) is 11.4 Å². The van der Waals surface area contributed by atoms with Gasteiger partial charge in [-0.05, 0) is 34.0 Å². The van der Waals surface area contributed by atoms with E-state index in [0.29, 0.717) is 25.4 Å². The van der Waals surface area contributed by atoms with Crippen molar-refractivity contribution in [2.45, 2.75) is 71.4 Å². The van der Waals surface area contributed by atoms with E-state index in [0.717, 1.165) is 35.2 Å². The van der Waals surface area contributed by atoms with Crippen LogP contribution in [0.3, 0.4) is 0 Å². The SMILES string of the molecule is CCC(NC(=O)OCc1ccccc1)C(=O)Cn1nnnc1Cc1ccccc1-c1nccn1COCC[Si](C)(C)C. The molecule has 0 bridgehead atoms. The van der Waals surface area contributed by atoms with Crippen LogP contribution in [0.4, 0.5) is 4.79 Å². The number of tetrazole rings is 1. The Labute approximate surface area is 247 Å². The van der Waals surface area contributed by atoms with Crippen LogP contribution in [0, 0.1) is 0 Å². The lowest BCUT2D eigenvalue weighted by molar-refractivity contribution is -0.121. The van der Waals surface area contributed by atoms with Crippen molar-refractivity contribution < 1.29 is 19.1 Å². The Morgan fingerprint density at radius 1 is 1.05 bits per heavy atom. The van der Waals surface area contributed by atoms with E-state index in [1.54, 1.807) is 6.20 Å². The lowest BCUT2D eigenvalue weighted by Crippen LogP contribution is -2.42. The molecule has 0 radical (unpaired) electrons. The molecule has 4 rings (SSSR count). The number of rotatable bonds is 15. The Hall–Kier alpha value is -4.16. The first-order valence-electron chi connectivity index (χ1n) is 14.2. The van der Waals surface area contributed by atoms with Crippen molar-refractivity contribution in [3.63, 3.8) is 0 Å². The molecule has 0 spiro atoms. The zero-order valence-corrected chi connectivity index (χ0v) is 25.7. The largest absolute Gasteiger partial charge is 0.445 e. The van der Waals surface area contributed by atoms with Gasteiger partial charge in [0.25, 0.3) is 0 Å². The zero-order valence-electron chi connectivity index (χ0n) is 24.7. The van der Waals surface area contributed by atoms with E-state index in [2.05, 4.69) is 45.5 Å². The third-order valence-corrected chi connectivity index (χ3v) is 8.47. The summed E-state index contributed by atoms with van der Waals surface area (Å²) in [5, 5.41) is 14.7. The lowest BCUT2D eigenvalue weighted by Gasteiger charge is -2.17. The number of carbonyl (C=O) groups excluding carboxylic acids is 2. The minimum atomic E-state index is -1.18. The van der Waals surface area contributed by atoms with Crippen molar-refractivity contribution in [1.82, 2.24) is 35.1 Å². The number of carbonyl (C=O) groups is 2. The van der Waals surface area contributed by atoms with E-state index in [4.69, 9.17) is 9.47 Å². The van der Waals surface area contributed by atoms with Crippen LogP contribution in [0.15, 0.2) is 67.0 Å². The van der Waals surface area contributed by atoms with Crippen LogP contribution in [0.1, 0.15) is 30.3 Å². The Bertz CT molecular complexity index is 1450. The van der Waals surface area contributed by atoms with E-state index >= 15 is 0 Å². The second-order valence-corrected chi connectivity index (χ2v) is 16.9. The maximum Gasteiger partial charge on any atom is 0.408 e. The molecule has 1 N–H and O–H groups in total. The first-order chi connectivity index (χ1) is 20.2. The number of ether oxygens (including phenoxy) is 2. The predicted molar refractivity (Wildman–Crippen MR) is 161 cm³/mol. The molecule has 11 nitrogen and oxygen atoms in total. The van der Waals surface area contributed by atoms with Gasteiger partial charge in [0.05, 0.1) is 6.04 Å². The Balaban J connectivity index is 1.39. The zero-order chi connectivity index (χ0) is 30.0. The minimum absolute atomic E-state index is 0.0818. The van der Waals surface area contributed by atoms with Gasteiger partial charge in [-0.2, -0.15) is 0 Å². The van der Waals surface area contributed by atoms with Crippen LogP contribution in [0.5, 0.6) is 0 Å². The fraction of sp³-hybridized carbons (Fsp3) is 0.400. The number of imidazole rings is 1. The van der Waals surface area contributed by atoms with Gasteiger partial charge in [0.15, 0.2) is 11.6 Å². The summed E-state index contributed by atoms with van der Waals surface area (Å²) in [6.07, 6.45) is 3.82. The summed E-state index contributed by atoms with van der Waals surface area (Å²) >= 11 is 0. The van der Waals surface area contributed by atoms with Gasteiger partial charge in [-0.15, -0.1) is 5.10 Å². The minimum Gasteiger partial charge on any atom is -0.445 e. The molecule has 0 aliphatic heterocycles. The molecule has 222 valence electrons. The highest BCUT2D eigenvalue weighted by Gasteiger charge is 2.23. The summed E-state index contributed by atoms with van der Waals surface area (Å²) in [5.41, 5.74) is 2.76. The van der Waals surface area contributed by atoms with Crippen molar-refractivity contribution in [2.75, 3.05) is 6.61 Å². The number of aromatic nitrogens is 6. The van der Waals surface area contributed by atoms with Crippen LogP contribution in [0.2, 0.25) is 25.7 Å². The molecule has 42 heavy (non-hydrogen) atoms. The quantitative estimate of drug-likeness (QED) is 0.156. The van der Waals surface area contributed by atoms with Crippen molar-refractivity contribution in [1.29, 1.82) is 0 Å². The number of benzene rings is 2. The molecule has 4 aromatic rings. The summed E-state index contributed by atoms with van der Waals surface area (Å²) in [7, 11) is -1.18. The molecular weight excluding hydrogens is 550 g/mol. The molecule has 2 aromatic heterocycles. The van der Waals surface area contributed by atoms with E-state index in [1.165, 1.54) is 4.68 Å². The van der Waals surface area contributed by atoms with E-state index < -0.39 is 20.2 Å². The second-order valence-electron chi connectivity index (χ2n) is 11.3. The number of amides is 1. The highest BCUT2D eigenvalue weighted by atomic mass is 28.3. The number of alkyl carbamates (subject to hydrolysis) is 1. The fourth-order valence-corrected chi connectivity index (χ4v) is 5.07. The van der Waals surface area contributed by atoms with Gasteiger partial charge in [0, 0.05) is 39.1 Å². The molecule has 0 aliphatic carbocycles. The molecule has 2 aromatic carbocycles. The van der Waals surface area contributed by atoms with Crippen molar-refractivity contribution in [3.05, 3.63) is 83.9 Å². The molecule has 0 saturated carbocycles. The molecule has 1 unspecified atom stereocenters. The maximum atomic E-state index is 13.1. The number of nitrogens with zero attached hydrogens (tertiary/aromatic N) is 6. The number of Topliss-reactive ketones (excluding diaryl/α,β-unsaturated/α-hetero) is 1. The Kier molecular flexibility index (Phi) is 10.7. The molecule has 0 fully saturated rings. The maximum absolute atomic E-state index is 13.1. The second kappa shape index (κ2) is 14.6. The van der Waals surface area contributed by atoms with Gasteiger partial charge in [-0.3, -0.25) is 4.79 Å². The standard InChI is InChI=1S/C30H39N7O4Si/c1-5-26(32-30(39)41-21-23-11-7-6-8-12-23)27(38)20-37-28(33-34-35-37)19-24-13-9-10-14-25(24)29-31-15-16-36(29)22-40-17-18-42(2,3)4/h6-16,26H,5,17-22H2,1-4H3,(H,32,39). The van der Waals surface area contributed by atoms with Crippen molar-refractivity contribution >= 4 is 20.0 Å². The number of hydrogen-bond acceptors (Lipinski definition) is 8.